The molecule has 9 heteroatoms. The molecule has 0 aliphatic rings. The number of thiophene rings is 1. The van der Waals surface area contributed by atoms with Crippen LogP contribution in [-0.2, 0) is 17.9 Å². The van der Waals surface area contributed by atoms with Crippen molar-refractivity contribution in [3.63, 3.8) is 0 Å². The number of aryl methyl sites for hydroxylation is 1. The van der Waals surface area contributed by atoms with Gasteiger partial charge in [0, 0.05) is 30.8 Å². The van der Waals surface area contributed by atoms with Crippen molar-refractivity contribution in [2.24, 2.45) is 0 Å². The molecular formula is C21H22N6OS2. The van der Waals surface area contributed by atoms with Gasteiger partial charge in [-0.2, -0.15) is 10.2 Å². The van der Waals surface area contributed by atoms with E-state index in [0.29, 0.717) is 24.3 Å². The fraction of sp³-hybridized carbons (Fsp3) is 0.238. The Morgan fingerprint density at radius 3 is 2.73 bits per heavy atom. The van der Waals surface area contributed by atoms with E-state index in [1.165, 1.54) is 0 Å². The largest absolute Gasteiger partial charge is 0.352 e. The number of aromatic nitrogens is 5. The number of nitrogens with one attached hydrogen (secondary N) is 2. The van der Waals surface area contributed by atoms with E-state index in [1.54, 1.807) is 11.3 Å². The van der Waals surface area contributed by atoms with Gasteiger partial charge < -0.3 is 5.32 Å². The molecule has 3 aromatic heterocycles. The van der Waals surface area contributed by atoms with Gasteiger partial charge in [0.1, 0.15) is 0 Å². The molecule has 1 aromatic carbocycles. The Morgan fingerprint density at radius 1 is 1.20 bits per heavy atom. The lowest BCUT2D eigenvalue weighted by Gasteiger charge is -2.08. The summed E-state index contributed by atoms with van der Waals surface area (Å²) in [4.78, 5) is 13.5. The van der Waals surface area contributed by atoms with Crippen LogP contribution in [0.25, 0.3) is 16.4 Å². The number of rotatable bonds is 7. The second kappa shape index (κ2) is 8.76. The molecular weight excluding hydrogens is 416 g/mol. The lowest BCUT2D eigenvalue weighted by molar-refractivity contribution is -0.121. The topological polar surface area (TPSA) is 80.5 Å². The van der Waals surface area contributed by atoms with Crippen molar-refractivity contribution < 1.29 is 4.79 Å². The summed E-state index contributed by atoms with van der Waals surface area (Å²) in [6.45, 7) is 4.90. The molecule has 7 nitrogen and oxygen atoms in total. The molecule has 0 saturated heterocycles. The van der Waals surface area contributed by atoms with Gasteiger partial charge in [-0.3, -0.25) is 14.5 Å². The van der Waals surface area contributed by atoms with Crippen molar-refractivity contribution in [2.45, 2.75) is 33.4 Å². The molecule has 0 unspecified atom stereocenters. The summed E-state index contributed by atoms with van der Waals surface area (Å²) >= 11 is 6.92. The molecule has 2 N–H and O–H groups in total. The highest BCUT2D eigenvalue weighted by molar-refractivity contribution is 7.71. The van der Waals surface area contributed by atoms with E-state index >= 15 is 0 Å². The van der Waals surface area contributed by atoms with Crippen molar-refractivity contribution in [3.05, 3.63) is 69.6 Å². The zero-order valence-corrected chi connectivity index (χ0v) is 18.4. The second-order valence-electron chi connectivity index (χ2n) is 6.90. The molecule has 0 fully saturated rings. The number of benzene rings is 1. The first-order chi connectivity index (χ1) is 14.5. The molecule has 30 heavy (non-hydrogen) atoms. The Bertz CT molecular complexity index is 1200. The van der Waals surface area contributed by atoms with E-state index in [0.717, 1.165) is 33.3 Å². The van der Waals surface area contributed by atoms with Crippen LogP contribution in [0.15, 0.2) is 47.8 Å². The van der Waals surface area contributed by atoms with Gasteiger partial charge in [0.05, 0.1) is 16.3 Å². The van der Waals surface area contributed by atoms with Crippen LogP contribution in [0.4, 0.5) is 0 Å². The highest BCUT2D eigenvalue weighted by Crippen LogP contribution is 2.23. The van der Waals surface area contributed by atoms with Crippen molar-refractivity contribution in [3.8, 4) is 16.4 Å². The lowest BCUT2D eigenvalue weighted by Crippen LogP contribution is -2.24. The first kappa shape index (κ1) is 20.2. The van der Waals surface area contributed by atoms with Gasteiger partial charge in [-0.25, -0.2) is 4.68 Å². The van der Waals surface area contributed by atoms with Crippen molar-refractivity contribution in [1.29, 1.82) is 0 Å². The highest BCUT2D eigenvalue weighted by atomic mass is 32.1. The number of nitrogens with zero attached hydrogens (tertiary/aromatic N) is 4. The Balaban J connectivity index is 1.40. The third-order valence-electron chi connectivity index (χ3n) is 4.97. The third kappa shape index (κ3) is 4.12. The van der Waals surface area contributed by atoms with Crippen molar-refractivity contribution >= 4 is 29.5 Å². The van der Waals surface area contributed by atoms with E-state index in [-0.39, 0.29) is 5.91 Å². The predicted molar refractivity (Wildman–Crippen MR) is 120 cm³/mol. The third-order valence-corrected chi connectivity index (χ3v) is 6.14. The molecule has 154 valence electrons. The maximum Gasteiger partial charge on any atom is 0.222 e. The number of hydrogen-bond donors (Lipinski definition) is 2. The summed E-state index contributed by atoms with van der Waals surface area (Å²) in [7, 11) is 0. The molecule has 0 aliphatic carbocycles. The van der Waals surface area contributed by atoms with Crippen LogP contribution in [0.2, 0.25) is 0 Å². The number of carbonyl (C=O) groups excluding carboxylic acids is 1. The fourth-order valence-electron chi connectivity index (χ4n) is 3.36. The second-order valence-corrected chi connectivity index (χ2v) is 8.24. The van der Waals surface area contributed by atoms with Gasteiger partial charge in [-0.1, -0.05) is 24.3 Å². The molecule has 0 radical (unpaired) electrons. The molecule has 0 saturated carbocycles. The Kier molecular flexibility index (Phi) is 5.91. The monoisotopic (exact) mass is 438 g/mol. The number of hydrogen-bond acceptors (Lipinski definition) is 5. The van der Waals surface area contributed by atoms with Gasteiger partial charge in [0.15, 0.2) is 10.6 Å². The summed E-state index contributed by atoms with van der Waals surface area (Å²) in [6.07, 6.45) is 0.317. The fourth-order valence-corrected chi connectivity index (χ4v) is 4.30. The normalized spacial score (nSPS) is 11.0. The highest BCUT2D eigenvalue weighted by Gasteiger charge is 2.15. The zero-order valence-electron chi connectivity index (χ0n) is 16.8. The maximum atomic E-state index is 12.5. The molecule has 0 bridgehead atoms. The summed E-state index contributed by atoms with van der Waals surface area (Å²) in [5.41, 5.74) is 3.97. The molecule has 0 atom stereocenters. The lowest BCUT2D eigenvalue weighted by atomic mass is 10.2. The number of aromatic amines is 1. The van der Waals surface area contributed by atoms with Gasteiger partial charge in [0.25, 0.3) is 0 Å². The van der Waals surface area contributed by atoms with Crippen LogP contribution in [0.3, 0.4) is 0 Å². The van der Waals surface area contributed by atoms with Crippen molar-refractivity contribution in [1.82, 2.24) is 29.9 Å². The van der Waals surface area contributed by atoms with E-state index in [9.17, 15) is 4.79 Å². The Hall–Kier alpha value is -3.04. The van der Waals surface area contributed by atoms with Crippen LogP contribution in [0, 0.1) is 18.6 Å². The van der Waals surface area contributed by atoms with E-state index < -0.39 is 0 Å². The predicted octanol–water partition coefficient (Wildman–Crippen LogP) is 4.18. The van der Waals surface area contributed by atoms with Crippen LogP contribution in [-0.4, -0.2) is 30.5 Å². The first-order valence-electron chi connectivity index (χ1n) is 9.61. The van der Waals surface area contributed by atoms with E-state index in [1.807, 2.05) is 70.9 Å². The van der Waals surface area contributed by atoms with Gasteiger partial charge >= 0.3 is 0 Å². The molecule has 0 spiro atoms. The number of H-pyrrole nitrogens is 1. The van der Waals surface area contributed by atoms with Gasteiger partial charge in [0.2, 0.25) is 5.91 Å². The average molecular weight is 439 g/mol. The van der Waals surface area contributed by atoms with Crippen LogP contribution < -0.4 is 5.32 Å². The Labute approximate surface area is 183 Å². The smallest absolute Gasteiger partial charge is 0.222 e. The summed E-state index contributed by atoms with van der Waals surface area (Å²) in [5.74, 6) is 0.722. The first-order valence-corrected chi connectivity index (χ1v) is 10.9. The van der Waals surface area contributed by atoms with Crippen LogP contribution >= 0.6 is 23.6 Å². The molecule has 1 amide bonds. The minimum Gasteiger partial charge on any atom is -0.352 e. The van der Waals surface area contributed by atoms with E-state index in [2.05, 4.69) is 20.6 Å². The summed E-state index contributed by atoms with van der Waals surface area (Å²) < 4.78 is 4.29. The molecule has 3 heterocycles. The minimum absolute atomic E-state index is 0.0403. The van der Waals surface area contributed by atoms with Crippen LogP contribution in [0.5, 0.6) is 0 Å². The molecule has 4 aromatic rings. The quantitative estimate of drug-likeness (QED) is 0.424. The SMILES string of the molecule is Cc1nn(-c2ccccc2)c(C)c1CNC(=O)CCn1c(-c2cccs2)n[nH]c1=S. The van der Waals surface area contributed by atoms with Crippen LogP contribution in [0.1, 0.15) is 23.4 Å². The standard InChI is InChI=1S/C21H22N6OS2/c1-14-17(15(2)27(25-14)16-7-4-3-5-8-16)13-22-19(28)10-11-26-20(23-24-21(26)29)18-9-6-12-30-18/h3-9,12H,10-11,13H2,1-2H3,(H,22,28)(H,24,29). The van der Waals surface area contributed by atoms with E-state index in [4.69, 9.17) is 12.2 Å². The number of amides is 1. The molecule has 0 aliphatic heterocycles. The number of carbonyl (C=O) groups is 1. The average Bonchev–Trinajstić information content (AvgIpc) is 3.46. The Morgan fingerprint density at radius 2 is 2.00 bits per heavy atom. The molecule has 4 rings (SSSR count). The maximum absolute atomic E-state index is 12.5. The van der Waals surface area contributed by atoms with Gasteiger partial charge in [-0.05, 0) is 49.6 Å². The summed E-state index contributed by atoms with van der Waals surface area (Å²) in [6, 6.07) is 13.9. The minimum atomic E-state index is -0.0403. The van der Waals surface area contributed by atoms with Gasteiger partial charge in [-0.15, -0.1) is 11.3 Å². The number of para-hydroxylation sites is 1. The van der Waals surface area contributed by atoms with Crippen molar-refractivity contribution in [2.75, 3.05) is 0 Å². The zero-order chi connectivity index (χ0) is 21.1. The summed E-state index contributed by atoms with van der Waals surface area (Å²) in [5, 5.41) is 16.8.